The van der Waals surface area contributed by atoms with Crippen molar-refractivity contribution in [1.29, 1.82) is 0 Å². The number of benzene rings is 7. The molecule has 0 atom stereocenters. The molecule has 0 spiro atoms. The Balaban J connectivity index is 1.71. The zero-order chi connectivity index (χ0) is 52.3. The van der Waals surface area contributed by atoms with E-state index in [9.17, 15) is 64.8 Å². The first-order chi connectivity index (χ1) is 31.7. The van der Waals surface area contributed by atoms with E-state index < -0.39 is 80.4 Å². The predicted molar refractivity (Wildman–Crippen MR) is 249 cm³/mol. The minimum absolute atomic E-state index is 0.0680. The van der Waals surface area contributed by atoms with E-state index in [4.69, 9.17) is 12.5 Å². The number of hydrogen-bond donors (Lipinski definition) is 0. The molecule has 0 saturated heterocycles. The van der Waals surface area contributed by atoms with Crippen molar-refractivity contribution in [3.05, 3.63) is 114 Å². The van der Waals surface area contributed by atoms with Crippen molar-refractivity contribution in [2.75, 3.05) is 0 Å². The van der Waals surface area contributed by atoms with Crippen molar-refractivity contribution < 1.29 is 77.3 Å². The Morgan fingerprint density at radius 3 is 0.929 bits per heavy atom. The molecule has 70 heavy (non-hydrogen) atoms. The molecule has 9 nitrogen and oxygen atoms in total. The summed E-state index contributed by atoms with van der Waals surface area (Å²) in [4.78, 5) is 0. The van der Waals surface area contributed by atoms with Crippen molar-refractivity contribution in [3.8, 4) is 50.6 Å². The van der Waals surface area contributed by atoms with Crippen molar-refractivity contribution in [2.45, 2.75) is 95.1 Å². The van der Waals surface area contributed by atoms with Gasteiger partial charge in [0.25, 0.3) is 0 Å². The Hall–Kier alpha value is -5.80. The molecule has 7 aromatic rings. The van der Waals surface area contributed by atoms with Gasteiger partial charge in [-0.2, -0.15) is 64.8 Å². The van der Waals surface area contributed by atoms with E-state index in [1.807, 2.05) is 0 Å². The van der Waals surface area contributed by atoms with Gasteiger partial charge in [0.15, 0.2) is 17.2 Å². The molecule has 0 unspecified atom stereocenters. The van der Waals surface area contributed by atoms with Gasteiger partial charge >= 0.3 is 46.9 Å². The van der Waals surface area contributed by atoms with Crippen LogP contribution in [0.1, 0.15) is 79.0 Å². The molecule has 0 aliphatic carbocycles. The van der Waals surface area contributed by atoms with Crippen LogP contribution < -0.4 is 12.5 Å². The van der Waals surface area contributed by atoms with Gasteiger partial charge in [0.05, 0.1) is 0 Å². The summed E-state index contributed by atoms with van der Waals surface area (Å²) in [6, 6.07) is 21.9. The molecular weight excluding hydrogens is 1000 g/mol. The lowest BCUT2D eigenvalue weighted by molar-refractivity contribution is -0.0504. The fourth-order valence-corrected chi connectivity index (χ4v) is 9.34. The topological polar surface area (TPSA) is 130 Å². The number of rotatable bonds is 9. The molecule has 0 aliphatic heterocycles. The molecule has 0 radical (unpaired) electrons. The average molecular weight is 1040 g/mol. The standard InChI is InChI=1S/C49H43F9O9S3/c1-44(2,3)27-12-19-39(65-68(59,60)47(50,51)52)36(22-27)30-15-10-26-11-16-32-34(37-23-28(45(4,5)6)13-20-40(37)66-69(61,62)48(53,54)55)25-35(33-18-17-31(30)42(26)43(32)33)38-24-29(46(7,8)9)14-21-41(38)67-70(63,64)49(56,57)58/h10-25H,1-9H3. The summed E-state index contributed by atoms with van der Waals surface area (Å²) in [5.41, 5.74) is -19.0. The molecule has 0 N–H and O–H groups in total. The summed E-state index contributed by atoms with van der Waals surface area (Å²) in [7, 11) is -18.9. The van der Waals surface area contributed by atoms with Crippen LogP contribution in [0.5, 0.6) is 17.2 Å². The summed E-state index contributed by atoms with van der Waals surface area (Å²) in [6.45, 7) is 15.9. The molecule has 0 bridgehead atoms. The molecule has 374 valence electrons. The second-order valence-electron chi connectivity index (χ2n) is 19.7. The highest BCUT2D eigenvalue weighted by Gasteiger charge is 2.51. The van der Waals surface area contributed by atoms with E-state index in [1.165, 1.54) is 66.7 Å². The monoisotopic (exact) mass is 1040 g/mol. The second-order valence-corrected chi connectivity index (χ2v) is 24.3. The van der Waals surface area contributed by atoms with Gasteiger partial charge < -0.3 is 12.5 Å². The summed E-state index contributed by atoms with van der Waals surface area (Å²) < 4.78 is 216. The molecule has 0 aliphatic rings. The lowest BCUT2D eigenvalue weighted by Crippen LogP contribution is -2.28. The van der Waals surface area contributed by atoms with Gasteiger partial charge in [-0.05, 0) is 124 Å². The molecule has 0 saturated carbocycles. The molecule has 7 rings (SSSR count). The van der Waals surface area contributed by atoms with Crippen LogP contribution in [0.4, 0.5) is 39.5 Å². The molecule has 21 heteroatoms. The second kappa shape index (κ2) is 16.6. The van der Waals surface area contributed by atoms with Gasteiger partial charge in [0.2, 0.25) is 0 Å². The number of alkyl halides is 9. The maximum absolute atomic E-state index is 14.0. The van der Waals surface area contributed by atoms with Crippen LogP contribution in [-0.4, -0.2) is 41.8 Å². The third kappa shape index (κ3) is 9.55. The molecular formula is C49H43F9O9S3. The van der Waals surface area contributed by atoms with Gasteiger partial charge in [-0.25, -0.2) is 0 Å². The molecule has 0 fully saturated rings. The van der Waals surface area contributed by atoms with E-state index >= 15 is 0 Å². The number of halogens is 9. The van der Waals surface area contributed by atoms with Gasteiger partial charge in [-0.3, -0.25) is 0 Å². The van der Waals surface area contributed by atoms with Gasteiger partial charge in [-0.15, -0.1) is 0 Å². The first kappa shape index (κ1) is 52.0. The van der Waals surface area contributed by atoms with Crippen molar-refractivity contribution in [3.63, 3.8) is 0 Å². The smallest absolute Gasteiger partial charge is 0.375 e. The summed E-state index contributed by atoms with van der Waals surface area (Å²) in [5.74, 6) is -2.35. The fraction of sp³-hybridized carbons (Fsp3) is 0.306. The largest absolute Gasteiger partial charge is 0.534 e. The zero-order valence-corrected chi connectivity index (χ0v) is 41.0. The highest BCUT2D eigenvalue weighted by atomic mass is 32.2. The summed E-state index contributed by atoms with van der Waals surface area (Å²) in [5, 5.41) is 1.46. The maximum Gasteiger partial charge on any atom is 0.534 e. The summed E-state index contributed by atoms with van der Waals surface area (Å²) in [6.07, 6.45) is 0. The first-order valence-electron chi connectivity index (χ1n) is 20.9. The minimum atomic E-state index is -6.35. The molecule has 0 aromatic heterocycles. The molecule has 7 aromatic carbocycles. The van der Waals surface area contributed by atoms with Gasteiger partial charge in [0.1, 0.15) is 0 Å². The van der Waals surface area contributed by atoms with Crippen molar-refractivity contribution in [1.82, 2.24) is 0 Å². The van der Waals surface area contributed by atoms with E-state index in [2.05, 4.69) is 0 Å². The van der Waals surface area contributed by atoms with E-state index in [1.54, 1.807) is 74.4 Å². The SMILES string of the molecule is CC(C)(C)c1ccc(OS(=O)(=O)C(F)(F)F)c(-c2ccc3ccc4c(-c5cc(C(C)(C)C)ccc5OS(=O)(=O)C(F)(F)F)cc(-c5cc(C(C)(C)C)ccc5OS(=O)(=O)C(F)(F)F)c5ccc2c3c45)c1. The Kier molecular flexibility index (Phi) is 12.4. The van der Waals surface area contributed by atoms with Gasteiger partial charge in [0, 0.05) is 16.7 Å². The lowest BCUT2D eigenvalue weighted by Gasteiger charge is -2.25. The van der Waals surface area contributed by atoms with Crippen LogP contribution in [0, 0.1) is 0 Å². The maximum atomic E-state index is 14.0. The Morgan fingerprint density at radius 1 is 0.329 bits per heavy atom. The van der Waals surface area contributed by atoms with Gasteiger partial charge in [-0.1, -0.05) is 117 Å². The van der Waals surface area contributed by atoms with Crippen molar-refractivity contribution in [2.24, 2.45) is 0 Å². The van der Waals surface area contributed by atoms with E-state index in [0.717, 1.165) is 18.2 Å². The number of hydrogen-bond acceptors (Lipinski definition) is 9. The third-order valence-corrected chi connectivity index (χ3v) is 14.5. The summed E-state index contributed by atoms with van der Waals surface area (Å²) >= 11 is 0. The average Bonchev–Trinajstić information content (AvgIpc) is 3.20. The quantitative estimate of drug-likeness (QED) is 0.0600. The molecule has 0 amide bonds. The highest BCUT2D eigenvalue weighted by Crippen LogP contribution is 2.51. The Morgan fingerprint density at radius 2 is 0.614 bits per heavy atom. The van der Waals surface area contributed by atoms with Crippen LogP contribution in [0.15, 0.2) is 97.1 Å². The first-order valence-corrected chi connectivity index (χ1v) is 25.2. The van der Waals surface area contributed by atoms with E-state index in [0.29, 0.717) is 22.1 Å². The van der Waals surface area contributed by atoms with Crippen LogP contribution in [0.3, 0.4) is 0 Å². The van der Waals surface area contributed by atoms with E-state index in [-0.39, 0.29) is 60.3 Å². The lowest BCUT2D eigenvalue weighted by atomic mass is 9.80. The van der Waals surface area contributed by atoms with Crippen LogP contribution in [0.2, 0.25) is 0 Å². The molecule has 0 heterocycles. The van der Waals surface area contributed by atoms with Crippen LogP contribution in [-0.2, 0) is 46.6 Å². The zero-order valence-electron chi connectivity index (χ0n) is 38.5. The highest BCUT2D eigenvalue weighted by molar-refractivity contribution is 7.88. The van der Waals surface area contributed by atoms with Crippen LogP contribution in [0.25, 0.3) is 65.7 Å². The van der Waals surface area contributed by atoms with Crippen molar-refractivity contribution >= 4 is 62.7 Å². The Labute approximate surface area is 397 Å². The normalized spacial score (nSPS) is 13.9. The predicted octanol–water partition coefficient (Wildman–Crippen LogP) is 14.2. The van der Waals surface area contributed by atoms with Crippen LogP contribution >= 0.6 is 0 Å². The Bertz CT molecular complexity index is 3450. The third-order valence-electron chi connectivity index (χ3n) is 11.6. The fourth-order valence-electron chi connectivity index (χ4n) is 7.91. The minimum Gasteiger partial charge on any atom is -0.375 e.